The molecule has 1 aromatic heterocycles. The Balaban J connectivity index is 2.52. The number of rotatable bonds is 3. The third-order valence-electron chi connectivity index (χ3n) is 2.63. The number of nitrogens with two attached hydrogens (primary N) is 1. The van der Waals surface area contributed by atoms with E-state index < -0.39 is 12.3 Å². The molecule has 5 heteroatoms. The van der Waals surface area contributed by atoms with Crippen LogP contribution >= 0.6 is 11.6 Å². The quantitative estimate of drug-likeness (QED) is 0.856. The van der Waals surface area contributed by atoms with Gasteiger partial charge in [0.1, 0.15) is 0 Å². The zero-order chi connectivity index (χ0) is 11.7. The summed E-state index contributed by atoms with van der Waals surface area (Å²) in [5.74, 6) is -0.935. The molecule has 0 spiro atoms. The van der Waals surface area contributed by atoms with E-state index in [4.69, 9.17) is 17.3 Å². The largest absolute Gasteiger partial charge is 0.361 e. The van der Waals surface area contributed by atoms with E-state index in [0.29, 0.717) is 10.6 Å². The third kappa shape index (κ3) is 1.90. The average molecular weight is 245 g/mol. The van der Waals surface area contributed by atoms with E-state index in [-0.39, 0.29) is 6.54 Å². The van der Waals surface area contributed by atoms with E-state index >= 15 is 0 Å². The first kappa shape index (κ1) is 11.4. The average Bonchev–Trinajstić information content (AvgIpc) is 2.62. The smallest absolute Gasteiger partial charge is 0.246 e. The lowest BCUT2D eigenvalue weighted by atomic mass is 9.99. The Labute approximate surface area is 96.4 Å². The minimum atomic E-state index is -2.46. The summed E-state index contributed by atoms with van der Waals surface area (Å²) in [7, 11) is 0. The summed E-state index contributed by atoms with van der Waals surface area (Å²) in [5, 5.41) is 1.32. The maximum Gasteiger partial charge on any atom is 0.246 e. The fourth-order valence-corrected chi connectivity index (χ4v) is 1.97. The van der Waals surface area contributed by atoms with E-state index in [2.05, 4.69) is 4.98 Å². The van der Waals surface area contributed by atoms with Crippen LogP contribution in [-0.4, -0.2) is 18.0 Å². The molecule has 1 unspecified atom stereocenters. The molecular weight excluding hydrogens is 234 g/mol. The Morgan fingerprint density at radius 2 is 2.12 bits per heavy atom. The molecular formula is C11H11ClF2N2. The number of nitrogens with one attached hydrogen (secondary N) is 1. The fraction of sp³-hybridized carbons (Fsp3) is 0.273. The van der Waals surface area contributed by atoms with Crippen molar-refractivity contribution >= 4 is 22.5 Å². The minimum Gasteiger partial charge on any atom is -0.361 e. The van der Waals surface area contributed by atoms with Gasteiger partial charge in [0.15, 0.2) is 0 Å². The summed E-state index contributed by atoms with van der Waals surface area (Å²) in [6, 6.07) is 5.12. The van der Waals surface area contributed by atoms with Gasteiger partial charge in [-0.05, 0) is 17.7 Å². The summed E-state index contributed by atoms with van der Waals surface area (Å²) in [5.41, 5.74) is 6.66. The van der Waals surface area contributed by atoms with Gasteiger partial charge in [-0.25, -0.2) is 8.78 Å². The number of H-pyrrole nitrogens is 1. The maximum absolute atomic E-state index is 12.8. The Morgan fingerprint density at radius 1 is 1.38 bits per heavy atom. The lowest BCUT2D eigenvalue weighted by Crippen LogP contribution is -2.19. The number of aromatic amines is 1. The lowest BCUT2D eigenvalue weighted by molar-refractivity contribution is 0.117. The number of hydrogen-bond donors (Lipinski definition) is 2. The molecule has 0 fully saturated rings. The highest BCUT2D eigenvalue weighted by atomic mass is 35.5. The van der Waals surface area contributed by atoms with Crippen molar-refractivity contribution in [1.82, 2.24) is 4.98 Å². The van der Waals surface area contributed by atoms with Gasteiger partial charge >= 0.3 is 0 Å². The summed E-state index contributed by atoms with van der Waals surface area (Å²) in [4.78, 5) is 2.93. The van der Waals surface area contributed by atoms with Gasteiger partial charge < -0.3 is 10.7 Å². The van der Waals surface area contributed by atoms with Crippen molar-refractivity contribution in [2.75, 3.05) is 6.54 Å². The van der Waals surface area contributed by atoms with Crippen LogP contribution in [0.4, 0.5) is 8.78 Å². The Kier molecular flexibility index (Phi) is 3.12. The van der Waals surface area contributed by atoms with E-state index in [0.717, 1.165) is 10.9 Å². The number of fused-ring (bicyclic) bond motifs is 1. The van der Waals surface area contributed by atoms with Crippen LogP contribution in [-0.2, 0) is 0 Å². The standard InChI is InChI=1S/C11H11ClF2N2/c12-6-1-2-7-9(5-16-10(7)3-6)8(4-15)11(13)14/h1-3,5,8,11,16H,4,15H2. The van der Waals surface area contributed by atoms with Gasteiger partial charge in [-0.15, -0.1) is 0 Å². The molecule has 0 aliphatic carbocycles. The number of halogens is 3. The van der Waals surface area contributed by atoms with Gasteiger partial charge in [0.2, 0.25) is 6.43 Å². The van der Waals surface area contributed by atoms with Crippen molar-refractivity contribution in [3.8, 4) is 0 Å². The van der Waals surface area contributed by atoms with Crippen LogP contribution in [0.15, 0.2) is 24.4 Å². The van der Waals surface area contributed by atoms with Crippen LogP contribution < -0.4 is 5.73 Å². The SMILES string of the molecule is NCC(c1c[nH]c2cc(Cl)ccc12)C(F)F. The van der Waals surface area contributed by atoms with Gasteiger partial charge in [0, 0.05) is 28.7 Å². The van der Waals surface area contributed by atoms with Crippen LogP contribution in [0, 0.1) is 0 Å². The van der Waals surface area contributed by atoms with Crippen molar-refractivity contribution in [2.45, 2.75) is 12.3 Å². The predicted molar refractivity (Wildman–Crippen MR) is 61.1 cm³/mol. The number of hydrogen-bond acceptors (Lipinski definition) is 1. The molecule has 0 bridgehead atoms. The first-order valence-corrected chi connectivity index (χ1v) is 5.26. The summed E-state index contributed by atoms with van der Waals surface area (Å²) in [6.45, 7) is -0.0761. The molecule has 2 nitrogen and oxygen atoms in total. The van der Waals surface area contributed by atoms with Crippen LogP contribution in [0.1, 0.15) is 11.5 Å². The first-order chi connectivity index (χ1) is 7.63. The van der Waals surface area contributed by atoms with Crippen LogP contribution in [0.5, 0.6) is 0 Å². The van der Waals surface area contributed by atoms with Crippen LogP contribution in [0.2, 0.25) is 5.02 Å². The van der Waals surface area contributed by atoms with Crippen LogP contribution in [0.3, 0.4) is 0 Å². The van der Waals surface area contributed by atoms with Gasteiger partial charge in [-0.2, -0.15) is 0 Å². The zero-order valence-corrected chi connectivity index (χ0v) is 9.14. The zero-order valence-electron chi connectivity index (χ0n) is 8.38. The van der Waals surface area contributed by atoms with Crippen molar-refractivity contribution in [2.24, 2.45) is 5.73 Å². The molecule has 0 radical (unpaired) electrons. The molecule has 16 heavy (non-hydrogen) atoms. The van der Waals surface area contributed by atoms with Crippen LogP contribution in [0.25, 0.3) is 10.9 Å². The molecule has 0 saturated heterocycles. The predicted octanol–water partition coefficient (Wildman–Crippen LogP) is 3.13. The minimum absolute atomic E-state index is 0.0761. The van der Waals surface area contributed by atoms with Gasteiger partial charge in [0.05, 0.1) is 5.92 Å². The molecule has 86 valence electrons. The van der Waals surface area contributed by atoms with E-state index in [1.165, 1.54) is 0 Å². The second kappa shape index (κ2) is 4.39. The van der Waals surface area contributed by atoms with E-state index in [9.17, 15) is 8.78 Å². The Bertz CT molecular complexity index is 496. The number of alkyl halides is 2. The molecule has 0 saturated carbocycles. The summed E-state index contributed by atoms with van der Waals surface area (Å²) in [6.07, 6.45) is -0.885. The normalized spacial score (nSPS) is 13.6. The maximum atomic E-state index is 12.8. The molecule has 3 N–H and O–H groups in total. The second-order valence-corrected chi connectivity index (χ2v) is 4.05. The Morgan fingerprint density at radius 3 is 2.75 bits per heavy atom. The van der Waals surface area contributed by atoms with Gasteiger partial charge in [-0.3, -0.25) is 0 Å². The molecule has 0 aliphatic rings. The summed E-state index contributed by atoms with van der Waals surface area (Å²) < 4.78 is 25.5. The van der Waals surface area contributed by atoms with Gasteiger partial charge in [-0.1, -0.05) is 17.7 Å². The highest BCUT2D eigenvalue weighted by Gasteiger charge is 2.23. The van der Waals surface area contributed by atoms with E-state index in [1.54, 1.807) is 24.4 Å². The molecule has 1 atom stereocenters. The van der Waals surface area contributed by atoms with Crippen molar-refractivity contribution in [3.05, 3.63) is 35.0 Å². The molecule has 2 aromatic rings. The number of aromatic nitrogens is 1. The second-order valence-electron chi connectivity index (χ2n) is 3.61. The van der Waals surface area contributed by atoms with Crippen molar-refractivity contribution in [1.29, 1.82) is 0 Å². The van der Waals surface area contributed by atoms with E-state index in [1.807, 2.05) is 0 Å². The molecule has 0 aliphatic heterocycles. The molecule has 2 rings (SSSR count). The number of benzene rings is 1. The summed E-state index contributed by atoms with van der Waals surface area (Å²) >= 11 is 5.81. The molecule has 1 heterocycles. The third-order valence-corrected chi connectivity index (χ3v) is 2.87. The highest BCUT2D eigenvalue weighted by molar-refractivity contribution is 6.31. The van der Waals surface area contributed by atoms with Crippen molar-refractivity contribution in [3.63, 3.8) is 0 Å². The molecule has 1 aromatic carbocycles. The monoisotopic (exact) mass is 244 g/mol. The topological polar surface area (TPSA) is 41.8 Å². The highest BCUT2D eigenvalue weighted by Crippen LogP contribution is 2.30. The lowest BCUT2D eigenvalue weighted by Gasteiger charge is -2.12. The van der Waals surface area contributed by atoms with Gasteiger partial charge in [0.25, 0.3) is 0 Å². The molecule has 0 amide bonds. The Hall–Kier alpha value is -1.13. The first-order valence-electron chi connectivity index (χ1n) is 4.88. The van der Waals surface area contributed by atoms with Crippen molar-refractivity contribution < 1.29 is 8.78 Å². The fourth-order valence-electron chi connectivity index (χ4n) is 1.79.